The third kappa shape index (κ3) is 4.09. The van der Waals surface area contributed by atoms with Crippen LogP contribution in [0.15, 0.2) is 142 Å². The Balaban J connectivity index is 0.000000128. The van der Waals surface area contributed by atoms with Crippen LogP contribution in [0.1, 0.15) is 38.5 Å². The molecule has 6 rings (SSSR count). The fourth-order valence-electron chi connectivity index (χ4n) is 4.65. The van der Waals surface area contributed by atoms with Gasteiger partial charge in [-0.3, -0.25) is 0 Å². The van der Waals surface area contributed by atoms with Crippen molar-refractivity contribution in [2.75, 3.05) is 0 Å². The molecule has 0 heterocycles. The molecule has 0 unspecified atom stereocenters. The summed E-state index contributed by atoms with van der Waals surface area (Å²) in [6.07, 6.45) is 42.6. The standard InChI is InChI=1S/2C15H14/c2*1-2-6-12(5-1)14-9-10-15(11-14)13-7-3-4-8-13/h1,3,5-10H,2,4,11H2;1-5,7,9-10H,6,8,11H2. The van der Waals surface area contributed by atoms with Gasteiger partial charge in [-0.2, -0.15) is 0 Å². The molecular formula is C30H28. The quantitative estimate of drug-likeness (QED) is 0.457. The van der Waals surface area contributed by atoms with Crippen LogP contribution in [0.25, 0.3) is 0 Å². The van der Waals surface area contributed by atoms with Crippen LogP contribution in [-0.2, 0) is 0 Å². The summed E-state index contributed by atoms with van der Waals surface area (Å²) in [6.45, 7) is 0. The minimum Gasteiger partial charge on any atom is -0.0801 e. The largest absolute Gasteiger partial charge is 0.0801 e. The SMILES string of the molecule is C1=CC(C2=CC=C(C3=CCC=C3)C2)=CC1.C1=CCC(C2=CC=C(C3=CC=CC3)C2)=C1. The number of rotatable bonds is 4. The Kier molecular flexibility index (Phi) is 5.48. The van der Waals surface area contributed by atoms with E-state index in [9.17, 15) is 0 Å². The van der Waals surface area contributed by atoms with Crippen LogP contribution in [0.3, 0.4) is 0 Å². The van der Waals surface area contributed by atoms with Crippen LogP contribution in [0.2, 0.25) is 0 Å². The van der Waals surface area contributed by atoms with Gasteiger partial charge in [0.2, 0.25) is 0 Å². The Labute approximate surface area is 180 Å². The third-order valence-electron chi connectivity index (χ3n) is 6.38. The summed E-state index contributed by atoms with van der Waals surface area (Å²) in [5, 5.41) is 0. The summed E-state index contributed by atoms with van der Waals surface area (Å²) < 4.78 is 0. The van der Waals surface area contributed by atoms with Gasteiger partial charge >= 0.3 is 0 Å². The summed E-state index contributed by atoms with van der Waals surface area (Å²) in [7, 11) is 0. The highest BCUT2D eigenvalue weighted by Gasteiger charge is 2.16. The van der Waals surface area contributed by atoms with Crippen LogP contribution >= 0.6 is 0 Å². The van der Waals surface area contributed by atoms with Gasteiger partial charge in [-0.1, -0.05) is 97.2 Å². The van der Waals surface area contributed by atoms with E-state index in [1.54, 1.807) is 0 Å². The first kappa shape index (κ1) is 18.9. The molecule has 0 fully saturated rings. The lowest BCUT2D eigenvalue weighted by atomic mass is 9.98. The van der Waals surface area contributed by atoms with Gasteiger partial charge in [0, 0.05) is 0 Å². The maximum atomic E-state index is 2.31. The van der Waals surface area contributed by atoms with Crippen LogP contribution in [0, 0.1) is 0 Å². The van der Waals surface area contributed by atoms with E-state index in [4.69, 9.17) is 0 Å². The van der Waals surface area contributed by atoms with Crippen LogP contribution in [0.5, 0.6) is 0 Å². The molecule has 0 N–H and O–H groups in total. The Hall–Kier alpha value is -3.12. The lowest BCUT2D eigenvalue weighted by Crippen LogP contribution is -1.88. The highest BCUT2D eigenvalue weighted by Crippen LogP contribution is 2.35. The Morgan fingerprint density at radius 3 is 1.30 bits per heavy atom. The minimum atomic E-state index is 1.10. The van der Waals surface area contributed by atoms with Crippen molar-refractivity contribution in [3.8, 4) is 0 Å². The monoisotopic (exact) mass is 388 g/mol. The van der Waals surface area contributed by atoms with Crippen molar-refractivity contribution in [1.82, 2.24) is 0 Å². The van der Waals surface area contributed by atoms with Crippen molar-refractivity contribution < 1.29 is 0 Å². The van der Waals surface area contributed by atoms with E-state index >= 15 is 0 Å². The topological polar surface area (TPSA) is 0 Å². The lowest BCUT2D eigenvalue weighted by molar-refractivity contribution is 1.10. The molecule has 0 aromatic rings. The van der Waals surface area contributed by atoms with Gasteiger partial charge in [-0.25, -0.2) is 0 Å². The van der Waals surface area contributed by atoms with Crippen molar-refractivity contribution in [3.63, 3.8) is 0 Å². The highest BCUT2D eigenvalue weighted by molar-refractivity contribution is 5.57. The Bertz CT molecular complexity index is 1020. The first-order valence-electron chi connectivity index (χ1n) is 11.1. The first-order valence-corrected chi connectivity index (χ1v) is 11.1. The second-order valence-electron chi connectivity index (χ2n) is 8.36. The van der Waals surface area contributed by atoms with Crippen molar-refractivity contribution in [2.24, 2.45) is 0 Å². The molecule has 0 atom stereocenters. The predicted octanol–water partition coefficient (Wildman–Crippen LogP) is 8.03. The summed E-state index contributed by atoms with van der Waals surface area (Å²) in [4.78, 5) is 0. The van der Waals surface area contributed by atoms with Crippen molar-refractivity contribution in [3.05, 3.63) is 142 Å². The van der Waals surface area contributed by atoms with E-state index in [-0.39, 0.29) is 0 Å². The second-order valence-corrected chi connectivity index (χ2v) is 8.36. The maximum absolute atomic E-state index is 2.31. The molecule has 6 aliphatic rings. The predicted molar refractivity (Wildman–Crippen MR) is 129 cm³/mol. The van der Waals surface area contributed by atoms with E-state index in [2.05, 4.69) is 97.2 Å². The zero-order valence-corrected chi connectivity index (χ0v) is 17.5. The molecule has 0 aliphatic heterocycles. The molecule has 0 aromatic heterocycles. The second kappa shape index (κ2) is 8.71. The van der Waals surface area contributed by atoms with E-state index in [1.165, 1.54) is 44.6 Å². The molecule has 0 saturated heterocycles. The van der Waals surface area contributed by atoms with Gasteiger partial charge in [0.05, 0.1) is 0 Å². The summed E-state index contributed by atoms with van der Waals surface area (Å²) >= 11 is 0. The van der Waals surface area contributed by atoms with Gasteiger partial charge < -0.3 is 0 Å². The van der Waals surface area contributed by atoms with Gasteiger partial charge in [-0.15, -0.1) is 0 Å². The van der Waals surface area contributed by atoms with Crippen LogP contribution in [-0.4, -0.2) is 0 Å². The highest BCUT2D eigenvalue weighted by atomic mass is 14.2. The fourth-order valence-corrected chi connectivity index (χ4v) is 4.65. The number of allylic oxidation sites excluding steroid dienone is 24. The van der Waals surface area contributed by atoms with E-state index in [0.717, 1.165) is 38.5 Å². The molecule has 0 amide bonds. The van der Waals surface area contributed by atoms with Crippen molar-refractivity contribution >= 4 is 0 Å². The smallest absolute Gasteiger partial charge is 0.00141 e. The molecular weight excluding hydrogens is 360 g/mol. The molecule has 0 nitrogen and oxygen atoms in total. The van der Waals surface area contributed by atoms with Crippen molar-refractivity contribution in [2.45, 2.75) is 38.5 Å². The minimum absolute atomic E-state index is 1.10. The van der Waals surface area contributed by atoms with Gasteiger partial charge in [0.25, 0.3) is 0 Å². The Morgan fingerprint density at radius 1 is 0.433 bits per heavy atom. The zero-order chi connectivity index (χ0) is 20.2. The summed E-state index contributed by atoms with van der Waals surface area (Å²) in [6, 6.07) is 0. The van der Waals surface area contributed by atoms with E-state index in [0.29, 0.717) is 0 Å². The molecule has 0 spiro atoms. The summed E-state index contributed by atoms with van der Waals surface area (Å²) in [5.74, 6) is 0. The lowest BCUT2D eigenvalue weighted by Gasteiger charge is -2.07. The molecule has 30 heavy (non-hydrogen) atoms. The molecule has 0 bridgehead atoms. The zero-order valence-electron chi connectivity index (χ0n) is 17.5. The average Bonchev–Trinajstić information content (AvgIpc) is 3.64. The molecule has 6 aliphatic carbocycles. The first-order chi connectivity index (χ1) is 14.9. The number of hydrogen-bond donors (Lipinski definition) is 0. The fraction of sp³-hybridized carbons (Fsp3) is 0.200. The van der Waals surface area contributed by atoms with Gasteiger partial charge in [0.15, 0.2) is 0 Å². The Morgan fingerprint density at radius 2 is 0.900 bits per heavy atom. The maximum Gasteiger partial charge on any atom is -0.00141 e. The molecule has 0 aromatic carbocycles. The third-order valence-corrected chi connectivity index (χ3v) is 6.38. The number of hydrogen-bond acceptors (Lipinski definition) is 0. The summed E-state index contributed by atoms with van der Waals surface area (Å²) in [5.41, 5.74) is 11.8. The van der Waals surface area contributed by atoms with E-state index in [1.807, 2.05) is 0 Å². The molecule has 0 heteroatoms. The molecule has 0 radical (unpaired) electrons. The van der Waals surface area contributed by atoms with Gasteiger partial charge in [0.1, 0.15) is 0 Å². The van der Waals surface area contributed by atoms with Crippen molar-refractivity contribution in [1.29, 1.82) is 0 Å². The molecule has 0 saturated carbocycles. The average molecular weight is 389 g/mol. The molecule has 148 valence electrons. The normalized spacial score (nSPS) is 22.9. The van der Waals surface area contributed by atoms with Crippen LogP contribution < -0.4 is 0 Å². The van der Waals surface area contributed by atoms with Crippen LogP contribution in [0.4, 0.5) is 0 Å². The van der Waals surface area contributed by atoms with E-state index < -0.39 is 0 Å². The van der Waals surface area contributed by atoms with Gasteiger partial charge in [-0.05, 0) is 83.1 Å².